The molecule has 170 valence electrons. The Labute approximate surface area is 184 Å². The minimum atomic E-state index is -0.201. The van der Waals surface area contributed by atoms with Gasteiger partial charge in [0.05, 0.1) is 0 Å². The lowest BCUT2D eigenvalue weighted by atomic mass is 9.42. The van der Waals surface area contributed by atoms with Gasteiger partial charge in [0.1, 0.15) is 0 Å². The van der Waals surface area contributed by atoms with E-state index in [-0.39, 0.29) is 38.4 Å². The first-order chi connectivity index (χ1) is 12.1. The molecule has 4 unspecified atom stereocenters. The molecule has 0 aliphatic rings. The second-order valence-corrected chi connectivity index (χ2v) is 13.6. The van der Waals surface area contributed by atoms with Crippen molar-refractivity contribution in [2.75, 3.05) is 6.61 Å². The Hall–Kier alpha value is 0.310. The SMILES string of the molecule is CCC(C)C(C)C(C)C(C)(C)C(C)(S)C(C)(C)C(C)(C)C(C)(C)C(C)(C)CO. The smallest absolute Gasteiger partial charge is 0.0487 e. The van der Waals surface area contributed by atoms with Crippen LogP contribution in [0, 0.1) is 44.8 Å². The maximum absolute atomic E-state index is 10.2. The van der Waals surface area contributed by atoms with Crippen LogP contribution in [0.25, 0.3) is 0 Å². The van der Waals surface area contributed by atoms with Crippen molar-refractivity contribution in [2.45, 2.75) is 115 Å². The molecule has 0 radical (unpaired) electrons. The van der Waals surface area contributed by atoms with Gasteiger partial charge in [-0.25, -0.2) is 0 Å². The summed E-state index contributed by atoms with van der Waals surface area (Å²) in [6.07, 6.45) is 1.22. The standard InChI is InChI=1S/C26H54OS/c1-16-18(2)19(3)20(4)22(7,8)26(15,28)25(13,14)24(11,12)23(9,10)21(5,6)17-27/h18-20,27-28H,16-17H2,1-15H3. The molecule has 1 N–H and O–H groups in total. The first-order valence-corrected chi connectivity index (χ1v) is 11.9. The average molecular weight is 415 g/mol. The lowest BCUT2D eigenvalue weighted by Gasteiger charge is -2.66. The molecule has 0 aliphatic carbocycles. The fourth-order valence-corrected chi connectivity index (χ4v) is 5.69. The van der Waals surface area contributed by atoms with Gasteiger partial charge >= 0.3 is 0 Å². The van der Waals surface area contributed by atoms with Gasteiger partial charge in [0.2, 0.25) is 0 Å². The van der Waals surface area contributed by atoms with Crippen LogP contribution in [0.15, 0.2) is 0 Å². The Morgan fingerprint density at radius 2 is 1.11 bits per heavy atom. The summed E-state index contributed by atoms with van der Waals surface area (Å²) in [6.45, 7) is 35.5. The molecule has 0 fully saturated rings. The largest absolute Gasteiger partial charge is 0.396 e. The van der Waals surface area contributed by atoms with Crippen LogP contribution in [-0.4, -0.2) is 16.5 Å². The van der Waals surface area contributed by atoms with Gasteiger partial charge in [-0.2, -0.15) is 12.6 Å². The molecule has 0 amide bonds. The highest BCUT2D eigenvalue weighted by Crippen LogP contribution is 2.67. The predicted octanol–water partition coefficient (Wildman–Crippen LogP) is 8.12. The molecule has 0 saturated carbocycles. The molecule has 0 aliphatic heterocycles. The van der Waals surface area contributed by atoms with Gasteiger partial charge in [0.25, 0.3) is 0 Å². The van der Waals surface area contributed by atoms with Crippen LogP contribution in [-0.2, 0) is 0 Å². The molecular formula is C26H54OS. The van der Waals surface area contributed by atoms with Crippen molar-refractivity contribution in [1.82, 2.24) is 0 Å². The minimum absolute atomic E-state index is 0.0408. The van der Waals surface area contributed by atoms with Gasteiger partial charge in [-0.05, 0) is 51.8 Å². The lowest BCUT2D eigenvalue weighted by molar-refractivity contribution is -0.141. The van der Waals surface area contributed by atoms with E-state index in [0.717, 1.165) is 0 Å². The third-order valence-corrected chi connectivity index (χ3v) is 12.3. The third kappa shape index (κ3) is 4.08. The van der Waals surface area contributed by atoms with Gasteiger partial charge in [-0.3, -0.25) is 0 Å². The van der Waals surface area contributed by atoms with Gasteiger partial charge in [-0.1, -0.05) is 103 Å². The second-order valence-electron chi connectivity index (χ2n) is 12.7. The molecule has 1 nitrogen and oxygen atoms in total. The van der Waals surface area contributed by atoms with Crippen LogP contribution in [0.2, 0.25) is 0 Å². The van der Waals surface area contributed by atoms with Crippen LogP contribution >= 0.6 is 12.6 Å². The normalized spacial score (nSPS) is 20.5. The van der Waals surface area contributed by atoms with Crippen LogP contribution in [0.5, 0.6) is 0 Å². The highest BCUT2D eigenvalue weighted by Gasteiger charge is 2.63. The van der Waals surface area contributed by atoms with Gasteiger partial charge in [0, 0.05) is 11.4 Å². The van der Waals surface area contributed by atoms with Crippen LogP contribution in [0.4, 0.5) is 0 Å². The first kappa shape index (κ1) is 28.3. The molecule has 0 bridgehead atoms. The number of aliphatic hydroxyl groups is 1. The Bertz CT molecular complexity index is 511. The molecule has 0 aromatic heterocycles. The van der Waals surface area contributed by atoms with Gasteiger partial charge < -0.3 is 5.11 Å². The van der Waals surface area contributed by atoms with E-state index in [1.54, 1.807) is 0 Å². The van der Waals surface area contributed by atoms with Crippen LogP contribution in [0.1, 0.15) is 110 Å². The Morgan fingerprint density at radius 3 is 1.43 bits per heavy atom. The quantitative estimate of drug-likeness (QED) is 0.346. The molecule has 0 heterocycles. The fourth-order valence-electron chi connectivity index (χ4n) is 5.20. The molecule has 0 saturated heterocycles. The molecule has 0 aromatic rings. The molecule has 4 atom stereocenters. The van der Waals surface area contributed by atoms with E-state index >= 15 is 0 Å². The van der Waals surface area contributed by atoms with E-state index in [1.807, 2.05) is 0 Å². The predicted molar refractivity (Wildman–Crippen MR) is 131 cm³/mol. The van der Waals surface area contributed by atoms with Crippen molar-refractivity contribution < 1.29 is 5.11 Å². The van der Waals surface area contributed by atoms with Crippen molar-refractivity contribution >= 4 is 12.6 Å². The number of hydrogen-bond donors (Lipinski definition) is 2. The second kappa shape index (κ2) is 8.45. The zero-order valence-electron chi connectivity index (χ0n) is 22.0. The third-order valence-electron chi connectivity index (χ3n) is 11.2. The Kier molecular flexibility index (Phi) is 8.54. The number of thiol groups is 1. The summed E-state index contributed by atoms with van der Waals surface area (Å²) in [6, 6.07) is 0. The molecule has 0 aromatic carbocycles. The summed E-state index contributed by atoms with van der Waals surface area (Å²) in [7, 11) is 0. The summed E-state index contributed by atoms with van der Waals surface area (Å²) in [5, 5.41) is 10.2. The summed E-state index contributed by atoms with van der Waals surface area (Å²) < 4.78 is -0.201. The maximum Gasteiger partial charge on any atom is 0.0487 e. The van der Waals surface area contributed by atoms with E-state index < -0.39 is 0 Å². The monoisotopic (exact) mass is 414 g/mol. The van der Waals surface area contributed by atoms with E-state index in [4.69, 9.17) is 12.6 Å². The van der Waals surface area contributed by atoms with E-state index in [9.17, 15) is 5.11 Å². The lowest BCUT2D eigenvalue weighted by Crippen LogP contribution is -2.63. The summed E-state index contributed by atoms with van der Waals surface area (Å²) >= 11 is 5.47. The van der Waals surface area contributed by atoms with Gasteiger partial charge in [0.15, 0.2) is 0 Å². The number of hydrogen-bond acceptors (Lipinski definition) is 2. The van der Waals surface area contributed by atoms with Crippen molar-refractivity contribution in [3.63, 3.8) is 0 Å². The fraction of sp³-hybridized carbons (Fsp3) is 1.00. The van der Waals surface area contributed by atoms with E-state index in [1.165, 1.54) is 6.42 Å². The first-order valence-electron chi connectivity index (χ1n) is 11.4. The maximum atomic E-state index is 10.2. The van der Waals surface area contributed by atoms with Crippen LogP contribution < -0.4 is 0 Å². The zero-order valence-corrected chi connectivity index (χ0v) is 22.9. The summed E-state index contributed by atoms with van der Waals surface area (Å²) in [5.41, 5.74) is -0.355. The highest BCUT2D eigenvalue weighted by atomic mass is 32.1. The van der Waals surface area contributed by atoms with Crippen molar-refractivity contribution in [2.24, 2.45) is 44.8 Å². The summed E-state index contributed by atoms with van der Waals surface area (Å²) in [4.78, 5) is 0. The Morgan fingerprint density at radius 1 is 0.714 bits per heavy atom. The van der Waals surface area contributed by atoms with E-state index in [0.29, 0.717) is 17.8 Å². The molecule has 2 heteroatoms. The van der Waals surface area contributed by atoms with Crippen LogP contribution in [0.3, 0.4) is 0 Å². The van der Waals surface area contributed by atoms with Crippen molar-refractivity contribution in [1.29, 1.82) is 0 Å². The topological polar surface area (TPSA) is 20.2 Å². The van der Waals surface area contributed by atoms with Crippen molar-refractivity contribution in [3.05, 3.63) is 0 Å². The Balaban J connectivity index is 6.37. The molecule has 28 heavy (non-hydrogen) atoms. The van der Waals surface area contributed by atoms with Crippen molar-refractivity contribution in [3.8, 4) is 0 Å². The number of rotatable bonds is 10. The molecular weight excluding hydrogens is 360 g/mol. The zero-order chi connectivity index (χ0) is 23.1. The molecule has 0 rings (SSSR count). The summed E-state index contributed by atoms with van der Waals surface area (Å²) in [5.74, 6) is 1.90. The molecule has 0 spiro atoms. The highest BCUT2D eigenvalue weighted by molar-refractivity contribution is 7.81. The average Bonchev–Trinajstić information content (AvgIpc) is 2.58. The van der Waals surface area contributed by atoms with E-state index in [2.05, 4.69) is 104 Å². The number of aliphatic hydroxyl groups excluding tert-OH is 1. The van der Waals surface area contributed by atoms with Gasteiger partial charge in [-0.15, -0.1) is 0 Å². The minimum Gasteiger partial charge on any atom is -0.396 e.